The Kier molecular flexibility index (Phi) is 15.0. The second kappa shape index (κ2) is 18.9. The molecule has 0 spiro atoms. The highest BCUT2D eigenvalue weighted by Gasteiger charge is 2.58. The first-order chi connectivity index (χ1) is 24.9. The summed E-state index contributed by atoms with van der Waals surface area (Å²) in [7, 11) is 0. The molecule has 2 fully saturated rings. The molecule has 0 amide bonds. The maximum Gasteiger partial charge on any atom is 0.311 e. The summed E-state index contributed by atoms with van der Waals surface area (Å²) in [6.45, 7) is 5.84. The van der Waals surface area contributed by atoms with E-state index in [-0.39, 0.29) is 5.75 Å². The highest BCUT2D eigenvalue weighted by Crippen LogP contribution is 2.37. The SMILES string of the molecule is CC(=O)OCC1OC(OC2C(COC(C)=O)OC(Oc3ccccc3[N+](=O)[O-])C(OC(C)=O)C2OC(C)=O)C(OC(C)=O)C(OC(C)=O)C1OC(C)=O. The quantitative estimate of drug-likeness (QED) is 0.109. The molecule has 10 unspecified atom stereocenters. The van der Waals surface area contributed by atoms with Gasteiger partial charge in [0.25, 0.3) is 0 Å². The molecule has 2 saturated heterocycles. The van der Waals surface area contributed by atoms with Gasteiger partial charge in [-0.15, -0.1) is 0 Å². The van der Waals surface area contributed by atoms with Crippen LogP contribution in [0.15, 0.2) is 24.3 Å². The Morgan fingerprint density at radius 2 is 0.962 bits per heavy atom. The lowest BCUT2D eigenvalue weighted by Gasteiger charge is -2.48. The number of carbonyl (C=O) groups excluding carboxylic acids is 7. The zero-order valence-electron chi connectivity index (χ0n) is 29.6. The number of rotatable bonds is 14. The van der Waals surface area contributed by atoms with E-state index in [0.717, 1.165) is 54.5 Å². The molecule has 21 heteroatoms. The lowest BCUT2D eigenvalue weighted by atomic mass is 9.96. The van der Waals surface area contributed by atoms with Crippen molar-refractivity contribution >= 4 is 47.5 Å². The molecule has 2 aliphatic rings. The Balaban J connectivity index is 2.20. The molecule has 0 N–H and O–H groups in total. The van der Waals surface area contributed by atoms with E-state index in [1.807, 2.05) is 0 Å². The first kappa shape index (κ1) is 42.0. The molecule has 3 rings (SSSR count). The van der Waals surface area contributed by atoms with Gasteiger partial charge >= 0.3 is 47.5 Å². The van der Waals surface area contributed by atoms with Crippen molar-refractivity contribution in [1.29, 1.82) is 0 Å². The van der Waals surface area contributed by atoms with Crippen LogP contribution in [0.3, 0.4) is 0 Å². The summed E-state index contributed by atoms with van der Waals surface area (Å²) in [5.41, 5.74) is -0.519. The van der Waals surface area contributed by atoms with Gasteiger partial charge in [-0.1, -0.05) is 12.1 Å². The summed E-state index contributed by atoms with van der Waals surface area (Å²) < 4.78 is 61.7. The predicted octanol–water partition coefficient (Wildman–Crippen LogP) is 0.593. The van der Waals surface area contributed by atoms with Crippen molar-refractivity contribution in [3.63, 3.8) is 0 Å². The number of hydrogen-bond acceptors (Lipinski definition) is 20. The number of esters is 7. The van der Waals surface area contributed by atoms with Crippen molar-refractivity contribution in [1.82, 2.24) is 0 Å². The molecule has 0 aromatic heterocycles. The van der Waals surface area contributed by atoms with E-state index in [0.29, 0.717) is 0 Å². The fraction of sp³-hybridized carbons (Fsp3) is 0.594. The van der Waals surface area contributed by atoms with Gasteiger partial charge in [-0.25, -0.2) is 0 Å². The van der Waals surface area contributed by atoms with Crippen molar-refractivity contribution < 1.29 is 90.6 Å². The van der Waals surface area contributed by atoms with E-state index < -0.39 is 127 Å². The minimum atomic E-state index is -1.88. The average Bonchev–Trinajstić information content (AvgIpc) is 3.03. The van der Waals surface area contributed by atoms with Crippen LogP contribution in [0.2, 0.25) is 0 Å². The smallest absolute Gasteiger partial charge is 0.311 e. The van der Waals surface area contributed by atoms with Crippen molar-refractivity contribution in [2.75, 3.05) is 13.2 Å². The highest BCUT2D eigenvalue weighted by molar-refractivity contribution is 5.69. The summed E-state index contributed by atoms with van der Waals surface area (Å²) in [5, 5.41) is 11.8. The second-order valence-corrected chi connectivity index (χ2v) is 11.5. The fourth-order valence-corrected chi connectivity index (χ4v) is 5.40. The van der Waals surface area contributed by atoms with Gasteiger partial charge in [0.1, 0.15) is 31.5 Å². The molecule has 53 heavy (non-hydrogen) atoms. The molecule has 21 nitrogen and oxygen atoms in total. The largest absolute Gasteiger partial charge is 0.463 e. The number of para-hydroxylation sites is 2. The van der Waals surface area contributed by atoms with Gasteiger partial charge in [0.05, 0.1) is 4.92 Å². The molecule has 10 atom stereocenters. The van der Waals surface area contributed by atoms with Crippen LogP contribution in [-0.2, 0) is 80.9 Å². The third-order valence-corrected chi connectivity index (χ3v) is 7.19. The van der Waals surface area contributed by atoms with Crippen LogP contribution in [0.4, 0.5) is 5.69 Å². The Hall–Kier alpha value is -5.41. The number of nitrogens with zero attached hydrogens (tertiary/aromatic N) is 1. The molecule has 1 aromatic carbocycles. The topological polar surface area (TPSA) is 264 Å². The lowest BCUT2D eigenvalue weighted by molar-refractivity contribution is -0.387. The van der Waals surface area contributed by atoms with Crippen molar-refractivity contribution in [3.05, 3.63) is 34.4 Å². The molecule has 2 heterocycles. The molecule has 0 bridgehead atoms. The van der Waals surface area contributed by atoms with Gasteiger partial charge in [-0.05, 0) is 6.07 Å². The molecule has 1 aromatic rings. The van der Waals surface area contributed by atoms with Crippen LogP contribution in [0.1, 0.15) is 48.5 Å². The van der Waals surface area contributed by atoms with E-state index in [4.69, 9.17) is 52.1 Å². The van der Waals surface area contributed by atoms with E-state index in [1.54, 1.807) is 0 Å². The third-order valence-electron chi connectivity index (χ3n) is 7.19. The minimum Gasteiger partial charge on any atom is -0.463 e. The molecule has 0 aliphatic carbocycles. The molecular formula is C32H39NO20. The van der Waals surface area contributed by atoms with Crippen LogP contribution in [0.5, 0.6) is 5.75 Å². The molecule has 292 valence electrons. The van der Waals surface area contributed by atoms with Crippen molar-refractivity contribution in [2.24, 2.45) is 0 Å². The number of hydrogen-bond donors (Lipinski definition) is 0. The van der Waals surface area contributed by atoms with Crippen LogP contribution < -0.4 is 4.74 Å². The molecule has 2 aliphatic heterocycles. The lowest BCUT2D eigenvalue weighted by Crippen LogP contribution is -2.67. The molecule has 0 saturated carbocycles. The normalized spacial score (nSPS) is 27.9. The maximum atomic E-state index is 12.6. The number of carbonyl (C=O) groups is 7. The van der Waals surface area contributed by atoms with Gasteiger partial charge in [0, 0.05) is 54.5 Å². The van der Waals surface area contributed by atoms with Gasteiger partial charge < -0.3 is 52.1 Å². The van der Waals surface area contributed by atoms with Gasteiger partial charge in [0.2, 0.25) is 12.4 Å². The molecular weight excluding hydrogens is 718 g/mol. The van der Waals surface area contributed by atoms with Gasteiger partial charge in [-0.3, -0.25) is 43.7 Å². The van der Waals surface area contributed by atoms with Crippen LogP contribution in [0.25, 0.3) is 0 Å². The summed E-state index contributed by atoms with van der Waals surface area (Å²) in [5.74, 6) is -6.69. The average molecular weight is 758 g/mol. The number of nitro groups is 1. The Morgan fingerprint density at radius 3 is 1.43 bits per heavy atom. The maximum absolute atomic E-state index is 12.6. The molecule has 0 radical (unpaired) electrons. The van der Waals surface area contributed by atoms with E-state index in [2.05, 4.69) is 0 Å². The summed E-state index contributed by atoms with van der Waals surface area (Å²) in [6, 6.07) is 5.10. The minimum absolute atomic E-state index is 0.355. The summed E-state index contributed by atoms with van der Waals surface area (Å²) >= 11 is 0. The Morgan fingerprint density at radius 1 is 0.566 bits per heavy atom. The Labute approximate surface area is 301 Å². The van der Waals surface area contributed by atoms with Crippen LogP contribution in [0, 0.1) is 10.1 Å². The Bertz CT molecular complexity index is 1550. The number of ether oxygens (including phenoxy) is 11. The van der Waals surface area contributed by atoms with E-state index in [1.165, 1.54) is 18.2 Å². The van der Waals surface area contributed by atoms with Gasteiger partial charge in [-0.2, -0.15) is 0 Å². The predicted molar refractivity (Wildman–Crippen MR) is 167 cm³/mol. The number of benzene rings is 1. The van der Waals surface area contributed by atoms with Crippen LogP contribution in [-0.4, -0.2) is 121 Å². The second-order valence-electron chi connectivity index (χ2n) is 11.5. The highest BCUT2D eigenvalue weighted by atomic mass is 16.8. The first-order valence-electron chi connectivity index (χ1n) is 15.9. The number of nitro benzene ring substituents is 1. The summed E-state index contributed by atoms with van der Waals surface area (Å²) in [6.07, 6.45) is -16.9. The standard InChI is InChI=1S/C32H39NO20/c1-14(34)43-12-23-25(45-16(3)36)27(46-17(4)37)30(49-20(7)40)32(52-23)53-26-24(13-44-15(2)35)51-31(29(48-19(6)39)28(26)47-18(5)38)50-22-11-9-8-10-21(22)33(41)42/h8-11,23-32H,12-13H2,1-7H3. The monoisotopic (exact) mass is 757 g/mol. The zero-order chi connectivity index (χ0) is 39.6. The fourth-order valence-electron chi connectivity index (χ4n) is 5.40. The third kappa shape index (κ3) is 12.1. The zero-order valence-corrected chi connectivity index (χ0v) is 29.6. The van der Waals surface area contributed by atoms with E-state index in [9.17, 15) is 43.7 Å². The van der Waals surface area contributed by atoms with Crippen molar-refractivity contribution in [2.45, 2.75) is 110 Å². The first-order valence-corrected chi connectivity index (χ1v) is 15.9. The van der Waals surface area contributed by atoms with Crippen molar-refractivity contribution in [3.8, 4) is 5.75 Å². The van der Waals surface area contributed by atoms with Gasteiger partial charge in [0.15, 0.2) is 36.5 Å². The van der Waals surface area contributed by atoms with E-state index >= 15 is 0 Å². The van der Waals surface area contributed by atoms with Crippen LogP contribution >= 0.6 is 0 Å². The summed E-state index contributed by atoms with van der Waals surface area (Å²) in [4.78, 5) is 96.6.